The number of sulfone groups is 1. The van der Waals surface area contributed by atoms with E-state index in [0.29, 0.717) is 24.5 Å². The number of thioether (sulfide) groups is 1. The summed E-state index contributed by atoms with van der Waals surface area (Å²) in [5.74, 6) is 1.36. The molecule has 7 nitrogen and oxygen atoms in total. The third-order valence-corrected chi connectivity index (χ3v) is 5.99. The molecule has 0 amide bonds. The molecule has 116 valence electrons. The Morgan fingerprint density at radius 3 is 3.10 bits per heavy atom. The van der Waals surface area contributed by atoms with Crippen molar-refractivity contribution in [1.29, 1.82) is 0 Å². The first-order valence-electron chi connectivity index (χ1n) is 6.36. The zero-order chi connectivity index (χ0) is 15.5. The van der Waals surface area contributed by atoms with Gasteiger partial charge in [0.15, 0.2) is 15.7 Å². The number of rotatable bonds is 4. The third kappa shape index (κ3) is 3.86. The van der Waals surface area contributed by atoms with E-state index in [2.05, 4.69) is 10.1 Å². The van der Waals surface area contributed by atoms with Gasteiger partial charge in [-0.1, -0.05) is 11.2 Å². The van der Waals surface area contributed by atoms with Gasteiger partial charge in [-0.2, -0.15) is 11.8 Å². The molecule has 1 aromatic heterocycles. The summed E-state index contributed by atoms with van der Waals surface area (Å²) in [7, 11) is -3.16. The molecule has 0 saturated carbocycles. The normalized spacial score (nSPS) is 21.4. The Balaban J connectivity index is 2.28. The van der Waals surface area contributed by atoms with Crippen molar-refractivity contribution >= 4 is 27.4 Å². The monoisotopic (exact) mass is 330 g/mol. The Morgan fingerprint density at radius 2 is 2.43 bits per heavy atom. The Bertz CT molecular complexity index is 633. The number of oxime groups is 1. The maximum absolute atomic E-state index is 11.9. The van der Waals surface area contributed by atoms with E-state index in [1.54, 1.807) is 24.0 Å². The van der Waals surface area contributed by atoms with E-state index in [1.165, 1.54) is 6.26 Å². The van der Waals surface area contributed by atoms with Crippen molar-refractivity contribution in [1.82, 2.24) is 9.88 Å². The van der Waals surface area contributed by atoms with Gasteiger partial charge < -0.3 is 10.9 Å². The lowest BCUT2D eigenvalue weighted by molar-refractivity contribution is 0.261. The van der Waals surface area contributed by atoms with E-state index >= 15 is 0 Å². The Hall–Kier alpha value is -1.32. The van der Waals surface area contributed by atoms with Gasteiger partial charge in [-0.05, 0) is 11.6 Å². The van der Waals surface area contributed by atoms with Crippen LogP contribution < -0.4 is 5.73 Å². The summed E-state index contributed by atoms with van der Waals surface area (Å²) in [5.41, 5.74) is 6.74. The summed E-state index contributed by atoms with van der Waals surface area (Å²) >= 11 is 1.63. The molecule has 1 atom stereocenters. The first-order chi connectivity index (χ1) is 9.93. The smallest absolute Gasteiger partial charge is 0.189 e. The van der Waals surface area contributed by atoms with Crippen molar-refractivity contribution in [3.8, 4) is 0 Å². The van der Waals surface area contributed by atoms with Crippen LogP contribution in [0.4, 0.5) is 0 Å². The highest BCUT2D eigenvalue weighted by Crippen LogP contribution is 2.23. The van der Waals surface area contributed by atoms with Crippen LogP contribution in [0.5, 0.6) is 0 Å². The lowest BCUT2D eigenvalue weighted by atomic mass is 10.1. The lowest BCUT2D eigenvalue weighted by Gasteiger charge is -2.34. The summed E-state index contributed by atoms with van der Waals surface area (Å²) in [5, 5.41) is 11.3. The second-order valence-electron chi connectivity index (χ2n) is 4.83. The zero-order valence-corrected chi connectivity index (χ0v) is 13.3. The molecule has 2 heterocycles. The summed E-state index contributed by atoms with van der Waals surface area (Å²) in [6.45, 7) is 1.07. The fourth-order valence-corrected chi connectivity index (χ4v) is 5.20. The van der Waals surface area contributed by atoms with E-state index in [-0.39, 0.29) is 5.84 Å². The minimum absolute atomic E-state index is 0.0760. The van der Waals surface area contributed by atoms with Gasteiger partial charge in [-0.25, -0.2) is 8.42 Å². The number of hydrogen-bond donors (Lipinski definition) is 2. The van der Waals surface area contributed by atoms with Gasteiger partial charge in [-0.3, -0.25) is 9.88 Å². The van der Waals surface area contributed by atoms with E-state index in [4.69, 9.17) is 10.9 Å². The number of nitrogens with zero attached hydrogens (tertiary/aromatic N) is 3. The lowest BCUT2D eigenvalue weighted by Crippen LogP contribution is -2.46. The van der Waals surface area contributed by atoms with Gasteiger partial charge in [0.1, 0.15) is 11.1 Å². The van der Waals surface area contributed by atoms with Crippen LogP contribution >= 0.6 is 11.8 Å². The molecule has 1 aliphatic rings. The van der Waals surface area contributed by atoms with Crippen LogP contribution in [0.2, 0.25) is 0 Å². The minimum Gasteiger partial charge on any atom is -0.409 e. The maximum atomic E-state index is 11.9. The second kappa shape index (κ2) is 6.63. The van der Waals surface area contributed by atoms with Crippen LogP contribution in [0, 0.1) is 0 Å². The Labute approximate surface area is 128 Å². The van der Waals surface area contributed by atoms with Gasteiger partial charge in [0.05, 0.1) is 0 Å². The summed E-state index contributed by atoms with van der Waals surface area (Å²) in [4.78, 5) is 6.00. The van der Waals surface area contributed by atoms with Crippen LogP contribution in [0.3, 0.4) is 0 Å². The molecule has 0 bridgehead atoms. The Kier molecular flexibility index (Phi) is 5.07. The van der Waals surface area contributed by atoms with Crippen LogP contribution in [0.15, 0.2) is 23.5 Å². The molecule has 1 aliphatic heterocycles. The predicted molar refractivity (Wildman–Crippen MR) is 83.1 cm³/mol. The third-order valence-electron chi connectivity index (χ3n) is 3.30. The van der Waals surface area contributed by atoms with E-state index in [0.717, 1.165) is 11.3 Å². The highest BCUT2D eigenvalue weighted by Gasteiger charge is 2.31. The molecular weight excluding hydrogens is 312 g/mol. The molecule has 1 saturated heterocycles. The van der Waals surface area contributed by atoms with Gasteiger partial charge in [0.2, 0.25) is 0 Å². The van der Waals surface area contributed by atoms with Crippen molar-refractivity contribution in [2.75, 3.05) is 24.3 Å². The van der Waals surface area contributed by atoms with Crippen LogP contribution in [-0.2, 0) is 16.4 Å². The molecular formula is C12H18N4O3S2. The molecule has 1 aromatic rings. The molecule has 0 spiro atoms. The van der Waals surface area contributed by atoms with Crippen LogP contribution in [-0.4, -0.2) is 59.0 Å². The quantitative estimate of drug-likeness (QED) is 0.349. The summed E-state index contributed by atoms with van der Waals surface area (Å²) in [6.07, 6.45) is 2.81. The largest absolute Gasteiger partial charge is 0.409 e. The topological polar surface area (TPSA) is 109 Å². The molecule has 21 heavy (non-hydrogen) atoms. The second-order valence-corrected chi connectivity index (χ2v) is 8.18. The zero-order valence-electron chi connectivity index (χ0n) is 11.6. The maximum Gasteiger partial charge on any atom is 0.189 e. The molecule has 1 unspecified atom stereocenters. The first-order valence-corrected chi connectivity index (χ1v) is 9.47. The van der Waals surface area contributed by atoms with Gasteiger partial charge in [0.25, 0.3) is 0 Å². The van der Waals surface area contributed by atoms with E-state index < -0.39 is 15.2 Å². The molecule has 1 fully saturated rings. The van der Waals surface area contributed by atoms with E-state index in [1.807, 2.05) is 11.0 Å². The molecule has 0 radical (unpaired) electrons. The summed E-state index contributed by atoms with van der Waals surface area (Å²) < 4.78 is 23.8. The van der Waals surface area contributed by atoms with Crippen LogP contribution in [0.25, 0.3) is 0 Å². The number of hydrogen-bond acceptors (Lipinski definition) is 7. The number of nitrogens with two attached hydrogens (primary N) is 1. The molecule has 3 N–H and O–H groups in total. The van der Waals surface area contributed by atoms with Crippen molar-refractivity contribution in [3.05, 3.63) is 29.6 Å². The highest BCUT2D eigenvalue weighted by molar-refractivity contribution is 8.00. The molecule has 0 aromatic carbocycles. The van der Waals surface area contributed by atoms with Gasteiger partial charge >= 0.3 is 0 Å². The minimum atomic E-state index is -3.16. The SMILES string of the molecule is CS(=O)(=O)C1CSCCN1Cc1cccnc1C(N)=NO. The van der Waals surface area contributed by atoms with Crippen molar-refractivity contribution in [2.24, 2.45) is 10.9 Å². The van der Waals surface area contributed by atoms with Crippen molar-refractivity contribution < 1.29 is 13.6 Å². The number of amidine groups is 1. The average Bonchev–Trinajstić information content (AvgIpc) is 2.46. The van der Waals surface area contributed by atoms with Crippen molar-refractivity contribution in [3.63, 3.8) is 0 Å². The van der Waals surface area contributed by atoms with Gasteiger partial charge in [-0.15, -0.1) is 0 Å². The molecule has 2 rings (SSSR count). The number of aromatic nitrogens is 1. The number of pyridine rings is 1. The van der Waals surface area contributed by atoms with Crippen LogP contribution in [0.1, 0.15) is 11.3 Å². The first kappa shape index (κ1) is 16.1. The summed E-state index contributed by atoms with van der Waals surface area (Å²) in [6, 6.07) is 3.55. The fourth-order valence-electron chi connectivity index (χ4n) is 2.25. The van der Waals surface area contributed by atoms with E-state index in [9.17, 15) is 8.42 Å². The molecule has 0 aliphatic carbocycles. The molecule has 9 heteroatoms. The van der Waals surface area contributed by atoms with Gasteiger partial charge in [0, 0.05) is 37.0 Å². The van der Waals surface area contributed by atoms with Crippen molar-refractivity contribution in [2.45, 2.75) is 11.9 Å². The average molecular weight is 330 g/mol. The fraction of sp³-hybridized carbons (Fsp3) is 0.500. The standard InChI is InChI=1S/C12H18N4O3S2/c1-21(18,19)10-8-20-6-5-16(10)7-9-3-2-4-14-11(9)12(13)15-17/h2-4,10,17H,5-8H2,1H3,(H2,13,15). The highest BCUT2D eigenvalue weighted by atomic mass is 32.2. The Morgan fingerprint density at radius 1 is 1.67 bits per heavy atom. The predicted octanol–water partition coefficient (Wildman–Crippen LogP) is 0.0956.